The molecule has 188 valence electrons. The molecule has 1 aliphatic rings. The molecule has 0 aliphatic carbocycles. The van der Waals surface area contributed by atoms with Crippen LogP contribution in [0.3, 0.4) is 0 Å². The van der Waals surface area contributed by atoms with Crippen LogP contribution in [0.1, 0.15) is 18.4 Å². The van der Waals surface area contributed by atoms with Gasteiger partial charge in [-0.25, -0.2) is 23.2 Å². The SMILES string of the molecule is O=C(O)[C@H](Cc1ccc(-c2cncnc2)cc1)NC(=O)[C@@H]1CCCN1S(=O)(=O)c1cc(Cl)cc(Cl)c1. The average molecular weight is 549 g/mol. The van der Waals surface area contributed by atoms with Gasteiger partial charge in [-0.15, -0.1) is 0 Å². The summed E-state index contributed by atoms with van der Waals surface area (Å²) in [4.78, 5) is 32.8. The van der Waals surface area contributed by atoms with E-state index in [1.165, 1.54) is 24.5 Å². The fraction of sp³-hybridized carbons (Fsp3) is 0.250. The van der Waals surface area contributed by atoms with E-state index >= 15 is 0 Å². The molecule has 2 aromatic carbocycles. The summed E-state index contributed by atoms with van der Waals surface area (Å²) in [5.41, 5.74) is 2.37. The standard InChI is InChI=1S/C24H22Cl2N4O5S/c25-18-9-19(26)11-20(10-18)36(34,35)30-7-1-2-22(30)23(31)29-21(24(32)33)8-15-3-5-16(6-4-15)17-12-27-14-28-13-17/h3-6,9-14,21-22H,1-2,7-8H2,(H,29,31)(H,32,33)/t21-,22-/m0/s1. The van der Waals surface area contributed by atoms with Crippen LogP contribution < -0.4 is 5.32 Å². The molecule has 0 radical (unpaired) electrons. The van der Waals surface area contributed by atoms with Gasteiger partial charge in [-0.3, -0.25) is 4.79 Å². The maximum absolute atomic E-state index is 13.2. The number of nitrogens with one attached hydrogen (secondary N) is 1. The Kier molecular flexibility index (Phi) is 7.89. The highest BCUT2D eigenvalue weighted by atomic mass is 35.5. The smallest absolute Gasteiger partial charge is 0.326 e. The number of hydrogen-bond acceptors (Lipinski definition) is 6. The summed E-state index contributed by atoms with van der Waals surface area (Å²) in [6.07, 6.45) is 5.50. The van der Waals surface area contributed by atoms with E-state index in [4.69, 9.17) is 23.2 Å². The molecule has 1 aliphatic heterocycles. The van der Waals surface area contributed by atoms with E-state index in [0.29, 0.717) is 12.0 Å². The number of benzene rings is 2. The molecule has 0 unspecified atom stereocenters. The lowest BCUT2D eigenvalue weighted by atomic mass is 10.0. The maximum atomic E-state index is 13.2. The summed E-state index contributed by atoms with van der Waals surface area (Å²) in [6, 6.07) is 8.81. The summed E-state index contributed by atoms with van der Waals surface area (Å²) in [5, 5.41) is 12.5. The third-order valence-electron chi connectivity index (χ3n) is 5.85. The maximum Gasteiger partial charge on any atom is 0.326 e. The molecule has 9 nitrogen and oxygen atoms in total. The van der Waals surface area contributed by atoms with E-state index in [-0.39, 0.29) is 34.3 Å². The summed E-state index contributed by atoms with van der Waals surface area (Å²) in [6.45, 7) is 0.118. The number of carbonyl (C=O) groups excluding carboxylic acids is 1. The van der Waals surface area contributed by atoms with E-state index in [1.807, 2.05) is 12.1 Å². The zero-order valence-electron chi connectivity index (χ0n) is 18.8. The number of rotatable bonds is 8. The monoisotopic (exact) mass is 548 g/mol. The van der Waals surface area contributed by atoms with Crippen molar-refractivity contribution in [3.05, 3.63) is 76.8 Å². The van der Waals surface area contributed by atoms with E-state index in [9.17, 15) is 23.1 Å². The molecule has 2 heterocycles. The number of carboxylic acid groups (broad SMARTS) is 1. The third kappa shape index (κ3) is 5.84. The molecule has 1 fully saturated rings. The number of carboxylic acids is 1. The Hall–Kier alpha value is -3.05. The number of hydrogen-bond donors (Lipinski definition) is 2. The fourth-order valence-electron chi connectivity index (χ4n) is 4.09. The van der Waals surface area contributed by atoms with Crippen LogP contribution in [0.15, 0.2) is 66.1 Å². The van der Waals surface area contributed by atoms with Gasteiger partial charge in [-0.05, 0) is 42.2 Å². The number of sulfonamides is 1. The Morgan fingerprint density at radius 2 is 1.69 bits per heavy atom. The highest BCUT2D eigenvalue weighted by Gasteiger charge is 2.40. The summed E-state index contributed by atoms with van der Waals surface area (Å²) >= 11 is 11.9. The molecule has 36 heavy (non-hydrogen) atoms. The van der Waals surface area contributed by atoms with Crippen LogP contribution in [-0.2, 0) is 26.0 Å². The van der Waals surface area contributed by atoms with Crippen LogP contribution in [0.25, 0.3) is 11.1 Å². The molecule has 0 saturated carbocycles. The van der Waals surface area contributed by atoms with Crippen molar-refractivity contribution in [1.82, 2.24) is 19.6 Å². The minimum atomic E-state index is -4.08. The Morgan fingerprint density at radius 3 is 2.31 bits per heavy atom. The minimum Gasteiger partial charge on any atom is -0.480 e. The van der Waals surface area contributed by atoms with Gasteiger partial charge in [0.05, 0.1) is 4.90 Å². The first-order valence-electron chi connectivity index (χ1n) is 11.0. The Balaban J connectivity index is 1.48. The summed E-state index contributed by atoms with van der Waals surface area (Å²) in [7, 11) is -4.08. The highest BCUT2D eigenvalue weighted by molar-refractivity contribution is 7.89. The normalized spacial score (nSPS) is 17.0. The van der Waals surface area contributed by atoms with Crippen molar-refractivity contribution in [1.29, 1.82) is 0 Å². The third-order valence-corrected chi connectivity index (χ3v) is 8.17. The zero-order chi connectivity index (χ0) is 25.9. The number of halogens is 2. The zero-order valence-corrected chi connectivity index (χ0v) is 21.2. The minimum absolute atomic E-state index is 0.0238. The van der Waals surface area contributed by atoms with Gasteiger partial charge in [-0.2, -0.15) is 4.31 Å². The van der Waals surface area contributed by atoms with Crippen LogP contribution in [-0.4, -0.2) is 58.3 Å². The number of nitrogens with zero attached hydrogens (tertiary/aromatic N) is 3. The Labute approximate surface area is 218 Å². The second-order valence-corrected chi connectivity index (χ2v) is 11.1. The van der Waals surface area contributed by atoms with Gasteiger partial charge < -0.3 is 10.4 Å². The van der Waals surface area contributed by atoms with E-state index in [1.54, 1.807) is 24.5 Å². The van der Waals surface area contributed by atoms with Crippen molar-refractivity contribution in [3.63, 3.8) is 0 Å². The lowest BCUT2D eigenvalue weighted by Crippen LogP contribution is -2.51. The van der Waals surface area contributed by atoms with Crippen molar-refractivity contribution >= 4 is 45.1 Å². The van der Waals surface area contributed by atoms with Crippen LogP contribution in [0, 0.1) is 0 Å². The van der Waals surface area contributed by atoms with Gasteiger partial charge >= 0.3 is 5.97 Å². The second kappa shape index (κ2) is 10.9. The van der Waals surface area contributed by atoms with Crippen LogP contribution >= 0.6 is 23.2 Å². The van der Waals surface area contributed by atoms with Gasteiger partial charge in [0.1, 0.15) is 18.4 Å². The Morgan fingerprint density at radius 1 is 1.06 bits per heavy atom. The van der Waals surface area contributed by atoms with Crippen LogP contribution in [0.5, 0.6) is 0 Å². The predicted octanol–water partition coefficient (Wildman–Crippen LogP) is 3.42. The lowest BCUT2D eigenvalue weighted by Gasteiger charge is -2.25. The van der Waals surface area contributed by atoms with E-state index < -0.39 is 34.0 Å². The molecule has 2 atom stereocenters. The summed E-state index contributed by atoms with van der Waals surface area (Å²) < 4.78 is 27.5. The molecule has 0 bridgehead atoms. The van der Waals surface area contributed by atoms with Crippen molar-refractivity contribution < 1.29 is 23.1 Å². The number of amides is 1. The molecule has 2 N–H and O–H groups in total. The second-order valence-electron chi connectivity index (χ2n) is 8.31. The van der Waals surface area contributed by atoms with Gasteiger partial charge in [0, 0.05) is 41.0 Å². The molecule has 12 heteroatoms. The summed E-state index contributed by atoms with van der Waals surface area (Å²) in [5.74, 6) is -1.90. The first-order valence-corrected chi connectivity index (χ1v) is 13.2. The molecule has 3 aromatic rings. The first kappa shape index (κ1) is 26.0. The first-order chi connectivity index (χ1) is 17.1. The predicted molar refractivity (Wildman–Crippen MR) is 134 cm³/mol. The molecule has 1 amide bonds. The molecular formula is C24H22Cl2N4O5S. The van der Waals surface area contributed by atoms with Gasteiger partial charge in [0.15, 0.2) is 0 Å². The number of carbonyl (C=O) groups is 2. The number of aliphatic carboxylic acids is 1. The van der Waals surface area contributed by atoms with Gasteiger partial charge in [-0.1, -0.05) is 47.5 Å². The molecule has 0 spiro atoms. The lowest BCUT2D eigenvalue weighted by molar-refractivity contribution is -0.142. The van der Waals surface area contributed by atoms with Crippen molar-refractivity contribution in [2.75, 3.05) is 6.54 Å². The van der Waals surface area contributed by atoms with Crippen LogP contribution in [0.2, 0.25) is 10.0 Å². The average Bonchev–Trinajstić information content (AvgIpc) is 3.35. The molecular weight excluding hydrogens is 527 g/mol. The largest absolute Gasteiger partial charge is 0.480 e. The van der Waals surface area contributed by atoms with E-state index in [0.717, 1.165) is 15.4 Å². The topological polar surface area (TPSA) is 130 Å². The van der Waals surface area contributed by atoms with E-state index in [2.05, 4.69) is 15.3 Å². The van der Waals surface area contributed by atoms with Crippen LogP contribution in [0.4, 0.5) is 0 Å². The molecule has 1 aromatic heterocycles. The van der Waals surface area contributed by atoms with Crippen molar-refractivity contribution in [2.24, 2.45) is 0 Å². The van der Waals surface area contributed by atoms with Gasteiger partial charge in [0.25, 0.3) is 0 Å². The van der Waals surface area contributed by atoms with Gasteiger partial charge in [0.2, 0.25) is 15.9 Å². The molecule has 4 rings (SSSR count). The molecule has 1 saturated heterocycles. The fourth-order valence-corrected chi connectivity index (χ4v) is 6.47. The highest BCUT2D eigenvalue weighted by Crippen LogP contribution is 2.30. The quantitative estimate of drug-likeness (QED) is 0.441. The Bertz CT molecular complexity index is 1350. The number of aromatic nitrogens is 2. The van der Waals surface area contributed by atoms with Crippen molar-refractivity contribution in [2.45, 2.75) is 36.2 Å². The van der Waals surface area contributed by atoms with Crippen molar-refractivity contribution in [3.8, 4) is 11.1 Å².